The summed E-state index contributed by atoms with van der Waals surface area (Å²) in [5, 5.41) is 11.7. The second kappa shape index (κ2) is 7.36. The first-order chi connectivity index (χ1) is 8.84. The van der Waals surface area contributed by atoms with Gasteiger partial charge in [-0.1, -0.05) is 19.3 Å². The SMILES string of the molecule is S=C(NCCCn1cccn1)NC1CCCCC1. The maximum atomic E-state index is 5.30. The molecule has 0 aromatic carbocycles. The van der Waals surface area contributed by atoms with E-state index in [-0.39, 0.29) is 0 Å². The third-order valence-electron chi connectivity index (χ3n) is 3.35. The topological polar surface area (TPSA) is 41.9 Å². The van der Waals surface area contributed by atoms with E-state index in [4.69, 9.17) is 12.2 Å². The van der Waals surface area contributed by atoms with Gasteiger partial charge in [0.2, 0.25) is 0 Å². The molecule has 1 aromatic rings. The molecule has 0 atom stereocenters. The van der Waals surface area contributed by atoms with Gasteiger partial charge in [0.15, 0.2) is 5.11 Å². The Bertz CT molecular complexity index is 344. The van der Waals surface area contributed by atoms with Crippen LogP contribution in [0.25, 0.3) is 0 Å². The minimum absolute atomic E-state index is 0.588. The van der Waals surface area contributed by atoms with Gasteiger partial charge in [-0.15, -0.1) is 0 Å². The van der Waals surface area contributed by atoms with Crippen LogP contribution in [-0.2, 0) is 6.54 Å². The zero-order valence-electron chi connectivity index (χ0n) is 10.8. The Hall–Kier alpha value is -1.10. The molecule has 0 radical (unpaired) electrons. The lowest BCUT2D eigenvalue weighted by molar-refractivity contribution is 0.411. The van der Waals surface area contributed by atoms with Crippen LogP contribution in [0.3, 0.4) is 0 Å². The van der Waals surface area contributed by atoms with Crippen LogP contribution < -0.4 is 10.6 Å². The number of rotatable bonds is 5. The molecule has 1 saturated carbocycles. The Labute approximate surface area is 114 Å². The van der Waals surface area contributed by atoms with Crippen molar-refractivity contribution in [2.24, 2.45) is 0 Å². The van der Waals surface area contributed by atoms with Gasteiger partial charge in [-0.3, -0.25) is 4.68 Å². The smallest absolute Gasteiger partial charge is 0.166 e. The normalized spacial score (nSPS) is 16.4. The highest BCUT2D eigenvalue weighted by atomic mass is 32.1. The van der Waals surface area contributed by atoms with E-state index in [2.05, 4.69) is 15.7 Å². The summed E-state index contributed by atoms with van der Waals surface area (Å²) in [6, 6.07) is 2.53. The van der Waals surface area contributed by atoms with E-state index in [9.17, 15) is 0 Å². The van der Waals surface area contributed by atoms with Crippen molar-refractivity contribution in [3.8, 4) is 0 Å². The fourth-order valence-corrected chi connectivity index (χ4v) is 2.63. The Morgan fingerprint density at radius 1 is 1.33 bits per heavy atom. The zero-order valence-corrected chi connectivity index (χ0v) is 11.6. The monoisotopic (exact) mass is 266 g/mol. The van der Waals surface area contributed by atoms with Gasteiger partial charge >= 0.3 is 0 Å². The average Bonchev–Trinajstić information content (AvgIpc) is 2.89. The lowest BCUT2D eigenvalue weighted by atomic mass is 9.96. The minimum Gasteiger partial charge on any atom is -0.363 e. The Morgan fingerprint density at radius 3 is 2.89 bits per heavy atom. The molecule has 0 saturated heterocycles. The second-order valence-corrected chi connectivity index (χ2v) is 5.27. The molecule has 0 aliphatic heterocycles. The number of nitrogens with zero attached hydrogens (tertiary/aromatic N) is 2. The number of nitrogens with one attached hydrogen (secondary N) is 2. The molecule has 1 heterocycles. The highest BCUT2D eigenvalue weighted by Crippen LogP contribution is 2.17. The van der Waals surface area contributed by atoms with Crippen molar-refractivity contribution in [1.82, 2.24) is 20.4 Å². The third kappa shape index (κ3) is 4.64. The van der Waals surface area contributed by atoms with Crippen molar-refractivity contribution in [3.05, 3.63) is 18.5 Å². The van der Waals surface area contributed by atoms with Gasteiger partial charge < -0.3 is 10.6 Å². The molecule has 0 bridgehead atoms. The van der Waals surface area contributed by atoms with Crippen molar-refractivity contribution in [2.75, 3.05) is 6.54 Å². The van der Waals surface area contributed by atoms with Gasteiger partial charge in [0.1, 0.15) is 0 Å². The van der Waals surface area contributed by atoms with Crippen molar-refractivity contribution in [3.63, 3.8) is 0 Å². The summed E-state index contributed by atoms with van der Waals surface area (Å²) < 4.78 is 1.94. The quantitative estimate of drug-likeness (QED) is 0.632. The number of hydrogen-bond donors (Lipinski definition) is 2. The fraction of sp³-hybridized carbons (Fsp3) is 0.692. The Balaban J connectivity index is 1.54. The second-order valence-electron chi connectivity index (χ2n) is 4.86. The van der Waals surface area contributed by atoms with Crippen LogP contribution in [-0.4, -0.2) is 27.5 Å². The molecular weight excluding hydrogens is 244 g/mol. The van der Waals surface area contributed by atoms with E-state index >= 15 is 0 Å². The molecular formula is C13H22N4S. The predicted octanol–water partition coefficient (Wildman–Crippen LogP) is 2.07. The molecule has 0 amide bonds. The Kier molecular flexibility index (Phi) is 5.45. The molecule has 5 heteroatoms. The molecule has 100 valence electrons. The van der Waals surface area contributed by atoms with Crippen molar-refractivity contribution < 1.29 is 0 Å². The first-order valence-electron chi connectivity index (χ1n) is 6.86. The maximum Gasteiger partial charge on any atom is 0.166 e. The van der Waals surface area contributed by atoms with Crippen LogP contribution in [0.5, 0.6) is 0 Å². The van der Waals surface area contributed by atoms with Crippen molar-refractivity contribution in [1.29, 1.82) is 0 Å². The van der Waals surface area contributed by atoms with E-state index < -0.39 is 0 Å². The van der Waals surface area contributed by atoms with Gasteiger partial charge in [0.25, 0.3) is 0 Å². The highest BCUT2D eigenvalue weighted by Gasteiger charge is 2.13. The summed E-state index contributed by atoms with van der Waals surface area (Å²) in [5.41, 5.74) is 0. The minimum atomic E-state index is 0.588. The standard InChI is InChI=1S/C13H22N4S/c18-13(16-12-6-2-1-3-7-12)14-8-4-10-17-11-5-9-15-17/h5,9,11-12H,1-4,6-8,10H2,(H2,14,16,18). The summed E-state index contributed by atoms with van der Waals surface area (Å²) in [4.78, 5) is 0. The van der Waals surface area contributed by atoms with E-state index in [0.29, 0.717) is 6.04 Å². The molecule has 18 heavy (non-hydrogen) atoms. The van der Waals surface area contributed by atoms with Crippen LogP contribution in [0, 0.1) is 0 Å². The fourth-order valence-electron chi connectivity index (χ4n) is 2.36. The average molecular weight is 266 g/mol. The van der Waals surface area contributed by atoms with Crippen LogP contribution in [0.15, 0.2) is 18.5 Å². The van der Waals surface area contributed by atoms with Crippen LogP contribution >= 0.6 is 12.2 Å². The maximum absolute atomic E-state index is 5.30. The summed E-state index contributed by atoms with van der Waals surface area (Å²) in [7, 11) is 0. The number of aryl methyl sites for hydroxylation is 1. The van der Waals surface area contributed by atoms with Gasteiger partial charge in [-0.2, -0.15) is 5.10 Å². The summed E-state index contributed by atoms with van der Waals surface area (Å²) >= 11 is 5.30. The van der Waals surface area contributed by atoms with Crippen LogP contribution in [0.2, 0.25) is 0 Å². The molecule has 1 aliphatic carbocycles. The summed E-state index contributed by atoms with van der Waals surface area (Å²) in [6.45, 7) is 1.84. The van der Waals surface area contributed by atoms with E-state index in [1.165, 1.54) is 32.1 Å². The van der Waals surface area contributed by atoms with Crippen molar-refractivity contribution >= 4 is 17.3 Å². The van der Waals surface area contributed by atoms with Gasteiger partial charge in [-0.25, -0.2) is 0 Å². The molecule has 0 spiro atoms. The number of thiocarbonyl (C=S) groups is 1. The largest absolute Gasteiger partial charge is 0.363 e. The predicted molar refractivity (Wildman–Crippen MR) is 77.5 cm³/mol. The Morgan fingerprint density at radius 2 is 2.17 bits per heavy atom. The van der Waals surface area contributed by atoms with E-state index in [1.54, 1.807) is 0 Å². The molecule has 1 fully saturated rings. The zero-order chi connectivity index (χ0) is 12.6. The molecule has 0 unspecified atom stereocenters. The van der Waals surface area contributed by atoms with Gasteiger partial charge in [0.05, 0.1) is 0 Å². The van der Waals surface area contributed by atoms with E-state index in [1.807, 2.05) is 23.1 Å². The molecule has 4 nitrogen and oxygen atoms in total. The molecule has 2 rings (SSSR count). The van der Waals surface area contributed by atoms with Crippen molar-refractivity contribution in [2.45, 2.75) is 51.1 Å². The van der Waals surface area contributed by atoms with E-state index in [0.717, 1.165) is 24.6 Å². The first kappa shape index (κ1) is 13.3. The lowest BCUT2D eigenvalue weighted by Gasteiger charge is -2.24. The number of hydrogen-bond acceptors (Lipinski definition) is 2. The first-order valence-corrected chi connectivity index (χ1v) is 7.27. The molecule has 1 aromatic heterocycles. The molecule has 1 aliphatic rings. The molecule has 2 N–H and O–H groups in total. The summed E-state index contributed by atoms with van der Waals surface area (Å²) in [6.07, 6.45) is 11.4. The van der Waals surface area contributed by atoms with Gasteiger partial charge in [-0.05, 0) is 37.5 Å². The third-order valence-corrected chi connectivity index (χ3v) is 3.61. The van der Waals surface area contributed by atoms with Crippen LogP contribution in [0.1, 0.15) is 38.5 Å². The lowest BCUT2D eigenvalue weighted by Crippen LogP contribution is -2.43. The van der Waals surface area contributed by atoms with Crippen LogP contribution in [0.4, 0.5) is 0 Å². The number of aromatic nitrogens is 2. The van der Waals surface area contributed by atoms with Gasteiger partial charge in [0, 0.05) is 31.5 Å². The highest BCUT2D eigenvalue weighted by molar-refractivity contribution is 7.80. The summed E-state index contributed by atoms with van der Waals surface area (Å²) in [5.74, 6) is 0.